The summed E-state index contributed by atoms with van der Waals surface area (Å²) < 4.78 is 82.9. The Hall–Kier alpha value is -2.54. The molecule has 138 valence electrons. The van der Waals surface area contributed by atoms with Gasteiger partial charge in [-0.15, -0.1) is 11.3 Å². The molecule has 0 atom stereocenters. The van der Waals surface area contributed by atoms with E-state index in [1.807, 2.05) is 0 Å². The molecule has 7 heteroatoms. The molecule has 0 nitrogen and oxygen atoms in total. The molecule has 0 spiro atoms. The van der Waals surface area contributed by atoms with Crippen LogP contribution in [0.15, 0.2) is 60.0 Å². The Labute approximate surface area is 153 Å². The van der Waals surface area contributed by atoms with Crippen molar-refractivity contribution < 1.29 is 26.3 Å². The Bertz CT molecular complexity index is 1140. The van der Waals surface area contributed by atoms with Gasteiger partial charge in [-0.25, -0.2) is 0 Å². The highest BCUT2D eigenvalue weighted by molar-refractivity contribution is 7.13. The fourth-order valence-corrected chi connectivity index (χ4v) is 4.11. The number of alkyl halides is 6. The van der Waals surface area contributed by atoms with Gasteiger partial charge in [0.15, 0.2) is 0 Å². The highest BCUT2D eigenvalue weighted by Crippen LogP contribution is 2.47. The van der Waals surface area contributed by atoms with E-state index in [1.165, 1.54) is 35.6 Å². The minimum Gasteiger partial charge on any atom is -0.166 e. The van der Waals surface area contributed by atoms with Crippen LogP contribution in [0.4, 0.5) is 26.3 Å². The minimum absolute atomic E-state index is 0.445. The molecule has 0 fully saturated rings. The summed E-state index contributed by atoms with van der Waals surface area (Å²) in [5.74, 6) is 0. The second-order valence-electron chi connectivity index (χ2n) is 6.03. The van der Waals surface area contributed by atoms with Gasteiger partial charge in [0.25, 0.3) is 0 Å². The number of benzene rings is 3. The number of fused-ring (bicyclic) bond motifs is 2. The average molecular weight is 396 g/mol. The number of halogens is 6. The summed E-state index contributed by atoms with van der Waals surface area (Å²) in [7, 11) is 0. The smallest absolute Gasteiger partial charge is 0.166 e. The third kappa shape index (κ3) is 2.96. The zero-order valence-electron chi connectivity index (χ0n) is 13.4. The Kier molecular flexibility index (Phi) is 3.96. The lowest BCUT2D eigenvalue weighted by Gasteiger charge is -2.20. The molecule has 1 heterocycles. The summed E-state index contributed by atoms with van der Waals surface area (Å²) >= 11 is 1.31. The van der Waals surface area contributed by atoms with E-state index in [9.17, 15) is 26.3 Å². The molecule has 0 unspecified atom stereocenters. The van der Waals surface area contributed by atoms with Crippen LogP contribution >= 0.6 is 11.3 Å². The summed E-state index contributed by atoms with van der Waals surface area (Å²) in [5, 5.41) is -0.0405. The van der Waals surface area contributed by atoms with E-state index in [-0.39, 0.29) is 0 Å². The van der Waals surface area contributed by atoms with E-state index in [1.54, 1.807) is 17.5 Å². The molecule has 3 aromatic carbocycles. The molecule has 0 saturated heterocycles. The third-order valence-corrected chi connectivity index (χ3v) is 5.32. The van der Waals surface area contributed by atoms with Crippen molar-refractivity contribution in [3.8, 4) is 10.4 Å². The molecular formula is C20H10F6S. The maximum Gasteiger partial charge on any atom is 0.417 e. The van der Waals surface area contributed by atoms with Crippen molar-refractivity contribution in [2.75, 3.05) is 0 Å². The van der Waals surface area contributed by atoms with Gasteiger partial charge in [-0.2, -0.15) is 26.3 Å². The predicted octanol–water partition coefficient (Wildman–Crippen LogP) is 7.76. The monoisotopic (exact) mass is 396 g/mol. The fourth-order valence-electron chi connectivity index (χ4n) is 3.39. The maximum atomic E-state index is 13.9. The SMILES string of the molecule is FC(F)(F)c1c2ccccc2c(C(F)(F)F)c2cc(-c3cccs3)ccc12. The van der Waals surface area contributed by atoms with E-state index in [4.69, 9.17) is 0 Å². The molecule has 1 aromatic heterocycles. The molecule has 0 amide bonds. The maximum absolute atomic E-state index is 13.9. The van der Waals surface area contributed by atoms with E-state index >= 15 is 0 Å². The normalized spacial score (nSPS) is 12.8. The van der Waals surface area contributed by atoms with Crippen LogP contribution in [0, 0.1) is 0 Å². The van der Waals surface area contributed by atoms with Crippen LogP contribution in [0.1, 0.15) is 11.1 Å². The van der Waals surface area contributed by atoms with Crippen molar-refractivity contribution in [3.63, 3.8) is 0 Å². The largest absolute Gasteiger partial charge is 0.417 e. The van der Waals surface area contributed by atoms with Gasteiger partial charge in [-0.1, -0.05) is 42.5 Å². The third-order valence-electron chi connectivity index (χ3n) is 4.40. The Morgan fingerprint density at radius 3 is 1.67 bits per heavy atom. The first-order valence-electron chi connectivity index (χ1n) is 7.84. The van der Waals surface area contributed by atoms with Crippen LogP contribution in [0.2, 0.25) is 0 Å². The molecule has 0 radical (unpaired) electrons. The summed E-state index contributed by atoms with van der Waals surface area (Å²) in [5.41, 5.74) is -1.63. The molecule has 0 bridgehead atoms. The van der Waals surface area contributed by atoms with Gasteiger partial charge >= 0.3 is 12.4 Å². The minimum atomic E-state index is -4.80. The van der Waals surface area contributed by atoms with E-state index in [2.05, 4.69) is 0 Å². The summed E-state index contributed by atoms with van der Waals surface area (Å²) in [4.78, 5) is 0.687. The van der Waals surface area contributed by atoms with Gasteiger partial charge in [0.2, 0.25) is 0 Å². The van der Waals surface area contributed by atoms with Crippen LogP contribution < -0.4 is 0 Å². The summed E-state index contributed by atoms with van der Waals surface area (Å²) in [6.07, 6.45) is -9.58. The van der Waals surface area contributed by atoms with Gasteiger partial charge in [-0.3, -0.25) is 0 Å². The first-order chi connectivity index (χ1) is 12.7. The summed E-state index contributed by atoms with van der Waals surface area (Å²) in [6, 6.07) is 12.0. The standard InChI is InChI=1S/C20H10F6S/c21-19(22,23)17-12-4-1-2-5-13(12)18(20(24,25)26)15-10-11(7-8-14(15)17)16-6-3-9-27-16/h1-10H. The number of thiophene rings is 1. The highest BCUT2D eigenvalue weighted by atomic mass is 32.1. The van der Waals surface area contributed by atoms with Crippen molar-refractivity contribution in [2.45, 2.75) is 12.4 Å². The van der Waals surface area contributed by atoms with Crippen LogP contribution in [-0.2, 0) is 12.4 Å². The van der Waals surface area contributed by atoms with Crippen LogP contribution in [0.25, 0.3) is 32.0 Å². The van der Waals surface area contributed by atoms with Crippen LogP contribution in [-0.4, -0.2) is 0 Å². The summed E-state index contributed by atoms with van der Waals surface area (Å²) in [6.45, 7) is 0. The second-order valence-corrected chi connectivity index (χ2v) is 6.98. The van der Waals surface area contributed by atoms with Gasteiger partial charge in [0.05, 0.1) is 11.1 Å². The van der Waals surface area contributed by atoms with Gasteiger partial charge in [-0.05, 0) is 44.6 Å². The first kappa shape index (κ1) is 17.9. The Morgan fingerprint density at radius 2 is 1.15 bits per heavy atom. The topological polar surface area (TPSA) is 0 Å². The molecule has 0 aliphatic heterocycles. The molecule has 0 aliphatic rings. The molecule has 0 saturated carbocycles. The fraction of sp³-hybridized carbons (Fsp3) is 0.100. The van der Waals surface area contributed by atoms with Crippen molar-refractivity contribution in [1.82, 2.24) is 0 Å². The van der Waals surface area contributed by atoms with E-state index in [0.717, 1.165) is 18.2 Å². The highest BCUT2D eigenvalue weighted by Gasteiger charge is 2.41. The van der Waals surface area contributed by atoms with Gasteiger partial charge < -0.3 is 0 Å². The van der Waals surface area contributed by atoms with Crippen LogP contribution in [0.3, 0.4) is 0 Å². The first-order valence-corrected chi connectivity index (χ1v) is 8.72. The molecule has 0 N–H and O–H groups in total. The zero-order chi connectivity index (χ0) is 19.4. The van der Waals surface area contributed by atoms with E-state index < -0.39 is 45.0 Å². The lowest BCUT2D eigenvalue weighted by Crippen LogP contribution is -2.12. The predicted molar refractivity (Wildman–Crippen MR) is 94.8 cm³/mol. The zero-order valence-corrected chi connectivity index (χ0v) is 14.3. The van der Waals surface area contributed by atoms with Gasteiger partial charge in [0.1, 0.15) is 0 Å². The molecule has 4 rings (SSSR count). The second kappa shape index (κ2) is 5.99. The molecule has 4 aromatic rings. The lowest BCUT2D eigenvalue weighted by molar-refractivity contribution is -0.137. The van der Waals surface area contributed by atoms with Crippen molar-refractivity contribution in [1.29, 1.82) is 0 Å². The number of hydrogen-bond donors (Lipinski definition) is 0. The van der Waals surface area contributed by atoms with E-state index in [0.29, 0.717) is 10.4 Å². The Morgan fingerprint density at radius 1 is 0.593 bits per heavy atom. The molecule has 27 heavy (non-hydrogen) atoms. The number of hydrogen-bond acceptors (Lipinski definition) is 1. The lowest BCUT2D eigenvalue weighted by atomic mass is 9.90. The van der Waals surface area contributed by atoms with Crippen molar-refractivity contribution in [2.24, 2.45) is 0 Å². The quantitative estimate of drug-likeness (QED) is 0.228. The Balaban J connectivity index is 2.24. The average Bonchev–Trinajstić information content (AvgIpc) is 3.11. The van der Waals surface area contributed by atoms with Gasteiger partial charge in [0, 0.05) is 4.88 Å². The van der Waals surface area contributed by atoms with Crippen molar-refractivity contribution >= 4 is 32.9 Å². The molecular weight excluding hydrogens is 386 g/mol. The molecule has 0 aliphatic carbocycles. The number of rotatable bonds is 1. The van der Waals surface area contributed by atoms with Crippen molar-refractivity contribution in [3.05, 3.63) is 71.1 Å². The van der Waals surface area contributed by atoms with Crippen LogP contribution in [0.5, 0.6) is 0 Å².